The summed E-state index contributed by atoms with van der Waals surface area (Å²) < 4.78 is 0. The first-order chi connectivity index (χ1) is 5.54. The van der Waals surface area contributed by atoms with Gasteiger partial charge in [-0.05, 0) is 18.1 Å². The molecule has 0 radical (unpaired) electrons. The highest BCUT2D eigenvalue weighted by molar-refractivity contribution is 5.18. The van der Waals surface area contributed by atoms with Crippen LogP contribution in [0.2, 0.25) is 0 Å². The fourth-order valence-electron chi connectivity index (χ4n) is 1.08. The molecule has 0 atom stereocenters. The van der Waals surface area contributed by atoms with Gasteiger partial charge >= 0.3 is 0 Å². The van der Waals surface area contributed by atoms with Gasteiger partial charge in [-0.3, -0.25) is 4.98 Å². The van der Waals surface area contributed by atoms with Gasteiger partial charge in [-0.15, -0.1) is 0 Å². The van der Waals surface area contributed by atoms with Crippen LogP contribution in [0.25, 0.3) is 0 Å². The second-order valence-electron chi connectivity index (χ2n) is 4.16. The number of rotatable bonds is 1. The zero-order valence-electron chi connectivity index (χ0n) is 8.39. The van der Waals surface area contributed by atoms with E-state index in [-0.39, 0.29) is 5.41 Å². The second kappa shape index (κ2) is 3.26. The van der Waals surface area contributed by atoms with Crippen molar-refractivity contribution in [1.29, 1.82) is 0 Å². The summed E-state index contributed by atoms with van der Waals surface area (Å²) in [6.45, 7) is 8.69. The summed E-state index contributed by atoms with van der Waals surface area (Å²) in [5.41, 5.74) is 2.65. The molecule has 0 aliphatic rings. The molecule has 0 aromatic carbocycles. The van der Waals surface area contributed by atoms with E-state index in [0.717, 1.165) is 6.42 Å². The number of pyridine rings is 1. The van der Waals surface area contributed by atoms with Crippen molar-refractivity contribution in [2.75, 3.05) is 0 Å². The van der Waals surface area contributed by atoms with E-state index in [1.807, 2.05) is 6.20 Å². The number of hydrogen-bond donors (Lipinski definition) is 0. The summed E-state index contributed by atoms with van der Waals surface area (Å²) in [6, 6.07) is 4.28. The Labute approximate surface area is 74.8 Å². The molecular formula is C11H17N. The highest BCUT2D eigenvalue weighted by atomic mass is 14.7. The second-order valence-corrected chi connectivity index (χ2v) is 4.16. The summed E-state index contributed by atoms with van der Waals surface area (Å²) in [5, 5.41) is 0. The molecule has 0 fully saturated rings. The third-order valence-corrected chi connectivity index (χ3v) is 2.00. The summed E-state index contributed by atoms with van der Waals surface area (Å²) >= 11 is 0. The van der Waals surface area contributed by atoms with E-state index < -0.39 is 0 Å². The number of nitrogens with zero attached hydrogens (tertiary/aromatic N) is 1. The molecule has 1 heteroatoms. The molecule has 0 aliphatic carbocycles. The lowest BCUT2D eigenvalue weighted by atomic mass is 9.91. The van der Waals surface area contributed by atoms with Gasteiger partial charge < -0.3 is 0 Å². The number of aryl methyl sites for hydroxylation is 1. The smallest absolute Gasteiger partial charge is 0.0457 e. The van der Waals surface area contributed by atoms with Crippen LogP contribution in [0.3, 0.4) is 0 Å². The Morgan fingerprint density at radius 3 is 2.25 bits per heavy atom. The van der Waals surface area contributed by atoms with Crippen molar-refractivity contribution in [3.8, 4) is 0 Å². The molecule has 0 spiro atoms. The zero-order valence-corrected chi connectivity index (χ0v) is 8.39. The van der Waals surface area contributed by atoms with Crippen LogP contribution in [0, 0.1) is 0 Å². The van der Waals surface area contributed by atoms with Crippen molar-refractivity contribution < 1.29 is 0 Å². The van der Waals surface area contributed by atoms with Gasteiger partial charge in [-0.1, -0.05) is 33.8 Å². The highest BCUT2D eigenvalue weighted by Crippen LogP contribution is 2.19. The first kappa shape index (κ1) is 9.24. The maximum absolute atomic E-state index is 4.42. The van der Waals surface area contributed by atoms with Gasteiger partial charge in [0.15, 0.2) is 0 Å². The molecule has 66 valence electrons. The van der Waals surface area contributed by atoms with Crippen molar-refractivity contribution in [3.63, 3.8) is 0 Å². The fourth-order valence-corrected chi connectivity index (χ4v) is 1.08. The van der Waals surface area contributed by atoms with Crippen molar-refractivity contribution in [2.24, 2.45) is 0 Å². The highest BCUT2D eigenvalue weighted by Gasteiger charge is 2.14. The molecule has 1 heterocycles. The molecular weight excluding hydrogens is 146 g/mol. The lowest BCUT2D eigenvalue weighted by molar-refractivity contribution is 0.568. The lowest BCUT2D eigenvalue weighted by Gasteiger charge is -2.17. The molecule has 1 nitrogen and oxygen atoms in total. The van der Waals surface area contributed by atoms with Crippen LogP contribution in [0.1, 0.15) is 39.0 Å². The van der Waals surface area contributed by atoms with E-state index in [9.17, 15) is 0 Å². The number of hydrogen-bond acceptors (Lipinski definition) is 1. The Balaban J connectivity index is 2.93. The first-order valence-corrected chi connectivity index (χ1v) is 4.49. The third-order valence-electron chi connectivity index (χ3n) is 2.00. The maximum atomic E-state index is 4.42. The largest absolute Gasteiger partial charge is 0.260 e. The Morgan fingerprint density at radius 2 is 1.92 bits per heavy atom. The minimum absolute atomic E-state index is 0.173. The van der Waals surface area contributed by atoms with Crippen molar-refractivity contribution in [1.82, 2.24) is 4.98 Å². The molecule has 1 aromatic rings. The van der Waals surface area contributed by atoms with Crippen LogP contribution in [0.4, 0.5) is 0 Å². The fraction of sp³-hybridized carbons (Fsp3) is 0.545. The van der Waals surface area contributed by atoms with Crippen LogP contribution in [-0.2, 0) is 11.8 Å². The van der Waals surface area contributed by atoms with Gasteiger partial charge in [0.25, 0.3) is 0 Å². The van der Waals surface area contributed by atoms with Gasteiger partial charge in [-0.2, -0.15) is 0 Å². The van der Waals surface area contributed by atoms with E-state index >= 15 is 0 Å². The average Bonchev–Trinajstić information content (AvgIpc) is 2.03. The quantitative estimate of drug-likeness (QED) is 0.620. The van der Waals surface area contributed by atoms with Gasteiger partial charge in [0.2, 0.25) is 0 Å². The van der Waals surface area contributed by atoms with Gasteiger partial charge in [0.05, 0.1) is 0 Å². The summed E-state index contributed by atoms with van der Waals surface area (Å²) in [5.74, 6) is 0. The van der Waals surface area contributed by atoms with E-state index in [0.29, 0.717) is 0 Å². The molecule has 1 aromatic heterocycles. The summed E-state index contributed by atoms with van der Waals surface area (Å²) in [7, 11) is 0. The van der Waals surface area contributed by atoms with Crippen LogP contribution in [-0.4, -0.2) is 4.98 Å². The molecule has 0 amide bonds. The molecule has 0 saturated carbocycles. The molecule has 0 unspecified atom stereocenters. The van der Waals surface area contributed by atoms with Crippen LogP contribution < -0.4 is 0 Å². The first-order valence-electron chi connectivity index (χ1n) is 4.49. The molecule has 0 bridgehead atoms. The maximum Gasteiger partial charge on any atom is 0.0457 e. The van der Waals surface area contributed by atoms with Crippen molar-refractivity contribution in [3.05, 3.63) is 29.6 Å². The van der Waals surface area contributed by atoms with Crippen LogP contribution in [0.5, 0.6) is 0 Å². The van der Waals surface area contributed by atoms with Gasteiger partial charge in [0.1, 0.15) is 0 Å². The van der Waals surface area contributed by atoms with Gasteiger partial charge in [-0.25, -0.2) is 0 Å². The Morgan fingerprint density at radius 1 is 1.25 bits per heavy atom. The molecule has 0 aliphatic heterocycles. The molecule has 12 heavy (non-hydrogen) atoms. The lowest BCUT2D eigenvalue weighted by Crippen LogP contribution is -2.13. The SMILES string of the molecule is CCc1ccc(C(C)(C)C)nc1. The topological polar surface area (TPSA) is 12.9 Å². The summed E-state index contributed by atoms with van der Waals surface area (Å²) in [6.07, 6.45) is 3.04. The van der Waals surface area contributed by atoms with Gasteiger partial charge in [0, 0.05) is 17.3 Å². The van der Waals surface area contributed by atoms with Crippen LogP contribution in [0.15, 0.2) is 18.3 Å². The van der Waals surface area contributed by atoms with E-state index in [1.54, 1.807) is 0 Å². The Kier molecular flexibility index (Phi) is 2.51. The monoisotopic (exact) mass is 163 g/mol. The molecule has 1 rings (SSSR count). The summed E-state index contributed by atoms with van der Waals surface area (Å²) in [4.78, 5) is 4.42. The van der Waals surface area contributed by atoms with Crippen molar-refractivity contribution >= 4 is 0 Å². The predicted molar refractivity (Wildman–Crippen MR) is 52.3 cm³/mol. The average molecular weight is 163 g/mol. The van der Waals surface area contributed by atoms with E-state index in [4.69, 9.17) is 0 Å². The van der Waals surface area contributed by atoms with E-state index in [2.05, 4.69) is 44.8 Å². The zero-order chi connectivity index (χ0) is 9.19. The Bertz CT molecular complexity index is 241. The minimum atomic E-state index is 0.173. The minimum Gasteiger partial charge on any atom is -0.260 e. The molecule has 0 N–H and O–H groups in total. The molecule has 0 saturated heterocycles. The number of aromatic nitrogens is 1. The standard InChI is InChI=1S/C11H17N/c1-5-9-6-7-10(12-8-9)11(2,3)4/h6-8H,5H2,1-4H3. The predicted octanol–water partition coefficient (Wildman–Crippen LogP) is 2.94. The third kappa shape index (κ3) is 2.07. The normalized spacial score (nSPS) is 11.7. The van der Waals surface area contributed by atoms with Crippen LogP contribution >= 0.6 is 0 Å². The van der Waals surface area contributed by atoms with E-state index in [1.165, 1.54) is 11.3 Å². The Hall–Kier alpha value is -0.850. The van der Waals surface area contributed by atoms with Crippen molar-refractivity contribution in [2.45, 2.75) is 39.5 Å².